The molecule has 0 nitrogen and oxygen atoms in total. The Kier molecular flexibility index (Phi) is 6.11. The summed E-state index contributed by atoms with van der Waals surface area (Å²) >= 11 is 2.21. The average molecular weight is 283 g/mol. The lowest BCUT2D eigenvalue weighted by Gasteiger charge is -2.41. The van der Waals surface area contributed by atoms with E-state index < -0.39 is 0 Å². The Balaban J connectivity index is 1.73. The van der Waals surface area contributed by atoms with Crippen LogP contribution in [0.25, 0.3) is 0 Å². The van der Waals surface area contributed by atoms with Crippen LogP contribution in [0.15, 0.2) is 0 Å². The number of hydrogen-bond donors (Lipinski definition) is 0. The van der Waals surface area contributed by atoms with Crippen LogP contribution in [0.4, 0.5) is 0 Å². The minimum Gasteiger partial charge on any atom is -0.156 e. The largest absolute Gasteiger partial charge is 0.156 e. The molecule has 0 saturated heterocycles. The molecule has 0 bridgehead atoms. The molecule has 0 radical (unpaired) electrons. The molecule has 0 atom stereocenters. The first-order valence-electron chi connectivity index (χ1n) is 8.81. The molecule has 0 aromatic carbocycles. The Morgan fingerprint density at radius 3 is 2.00 bits per heavy atom. The lowest BCUT2D eigenvalue weighted by Crippen LogP contribution is -2.32. The van der Waals surface area contributed by atoms with Crippen molar-refractivity contribution in [1.29, 1.82) is 0 Å². The molecular formula is C18H34S. The van der Waals surface area contributed by atoms with E-state index in [4.69, 9.17) is 0 Å². The van der Waals surface area contributed by atoms with Crippen molar-refractivity contribution in [3.05, 3.63) is 0 Å². The summed E-state index contributed by atoms with van der Waals surface area (Å²) in [6, 6.07) is 0. The van der Waals surface area contributed by atoms with Crippen LogP contribution in [0.1, 0.15) is 85.0 Å². The van der Waals surface area contributed by atoms with E-state index in [2.05, 4.69) is 32.5 Å². The van der Waals surface area contributed by atoms with Crippen LogP contribution in [0.5, 0.6) is 0 Å². The second kappa shape index (κ2) is 7.38. The maximum Gasteiger partial charge on any atom is 0.0132 e. The third kappa shape index (κ3) is 4.41. The van der Waals surface area contributed by atoms with Crippen molar-refractivity contribution in [2.45, 2.75) is 89.7 Å². The van der Waals surface area contributed by atoms with Gasteiger partial charge in [-0.05, 0) is 62.0 Å². The van der Waals surface area contributed by atoms with Gasteiger partial charge < -0.3 is 0 Å². The summed E-state index contributed by atoms with van der Waals surface area (Å²) < 4.78 is 0.616. The fourth-order valence-corrected chi connectivity index (χ4v) is 5.79. The molecule has 112 valence electrons. The van der Waals surface area contributed by atoms with Crippen molar-refractivity contribution in [2.24, 2.45) is 17.8 Å². The second-order valence-electron chi connectivity index (χ2n) is 7.29. The van der Waals surface area contributed by atoms with Crippen LogP contribution >= 0.6 is 11.8 Å². The van der Waals surface area contributed by atoms with Gasteiger partial charge in [0.1, 0.15) is 0 Å². The van der Waals surface area contributed by atoms with Crippen molar-refractivity contribution in [3.8, 4) is 0 Å². The molecule has 2 saturated carbocycles. The summed E-state index contributed by atoms with van der Waals surface area (Å²) in [5, 5.41) is 0. The van der Waals surface area contributed by atoms with Gasteiger partial charge in [-0.1, -0.05) is 46.5 Å². The van der Waals surface area contributed by atoms with Gasteiger partial charge in [-0.15, -0.1) is 0 Å². The molecule has 0 amide bonds. The van der Waals surface area contributed by atoms with Gasteiger partial charge in [0.2, 0.25) is 0 Å². The first kappa shape index (κ1) is 15.7. The van der Waals surface area contributed by atoms with Crippen molar-refractivity contribution in [1.82, 2.24) is 0 Å². The first-order chi connectivity index (χ1) is 9.17. The number of hydrogen-bond acceptors (Lipinski definition) is 1. The van der Waals surface area contributed by atoms with Crippen LogP contribution in [0.3, 0.4) is 0 Å². The van der Waals surface area contributed by atoms with E-state index in [0.717, 1.165) is 17.8 Å². The van der Waals surface area contributed by atoms with E-state index in [1.54, 1.807) is 12.8 Å². The highest BCUT2D eigenvalue weighted by atomic mass is 32.2. The van der Waals surface area contributed by atoms with Gasteiger partial charge in [0.15, 0.2) is 0 Å². The zero-order chi connectivity index (χ0) is 13.7. The zero-order valence-electron chi connectivity index (χ0n) is 13.4. The second-order valence-corrected chi connectivity index (χ2v) is 9.14. The van der Waals surface area contributed by atoms with Crippen LogP contribution in [0.2, 0.25) is 0 Å². The number of thioether (sulfide) groups is 1. The molecule has 1 heteroatoms. The molecule has 2 aliphatic rings. The quantitative estimate of drug-likeness (QED) is 0.570. The summed E-state index contributed by atoms with van der Waals surface area (Å²) in [4.78, 5) is 0. The van der Waals surface area contributed by atoms with E-state index in [1.165, 1.54) is 57.1 Å². The normalized spacial score (nSPS) is 40.3. The van der Waals surface area contributed by atoms with Gasteiger partial charge in [0.25, 0.3) is 0 Å². The molecule has 2 rings (SSSR count). The van der Waals surface area contributed by atoms with E-state index in [-0.39, 0.29) is 0 Å². The Labute approximate surface area is 125 Å². The van der Waals surface area contributed by atoms with Crippen molar-refractivity contribution >= 4 is 11.8 Å². The Morgan fingerprint density at radius 2 is 1.47 bits per heavy atom. The van der Waals surface area contributed by atoms with E-state index in [1.807, 2.05) is 0 Å². The summed E-state index contributed by atoms with van der Waals surface area (Å²) in [5.41, 5.74) is 0. The first-order valence-corrected chi connectivity index (χ1v) is 9.79. The molecule has 0 N–H and O–H groups in total. The minimum absolute atomic E-state index is 0.616. The van der Waals surface area contributed by atoms with E-state index >= 15 is 0 Å². The molecule has 2 aliphatic carbocycles. The minimum atomic E-state index is 0.616. The molecule has 2 fully saturated rings. The van der Waals surface area contributed by atoms with Gasteiger partial charge in [-0.3, -0.25) is 0 Å². The van der Waals surface area contributed by atoms with Crippen molar-refractivity contribution < 1.29 is 0 Å². The fraction of sp³-hybridized carbons (Fsp3) is 1.00. The topological polar surface area (TPSA) is 0 Å². The lowest BCUT2D eigenvalue weighted by molar-refractivity contribution is 0.154. The molecular weight excluding hydrogens is 248 g/mol. The zero-order valence-corrected chi connectivity index (χ0v) is 14.2. The van der Waals surface area contributed by atoms with Gasteiger partial charge in [0.05, 0.1) is 0 Å². The van der Waals surface area contributed by atoms with E-state index in [9.17, 15) is 0 Å². The number of rotatable bonds is 5. The molecule has 0 aliphatic heterocycles. The monoisotopic (exact) mass is 282 g/mol. The highest BCUT2D eigenvalue weighted by Crippen LogP contribution is 2.47. The lowest BCUT2D eigenvalue weighted by atomic mass is 9.69. The summed E-state index contributed by atoms with van der Waals surface area (Å²) in [5.74, 6) is 4.53. The predicted octanol–water partition coefficient (Wildman–Crippen LogP) is 6.29. The molecule has 0 heterocycles. The van der Waals surface area contributed by atoms with Crippen molar-refractivity contribution in [3.63, 3.8) is 0 Å². The SMILES string of the molecule is CCCC1CCC(C2CCC(C)(SCC)CC2)CC1. The third-order valence-electron chi connectivity index (χ3n) is 5.84. The smallest absolute Gasteiger partial charge is 0.0132 e. The average Bonchev–Trinajstić information content (AvgIpc) is 2.41. The maximum atomic E-state index is 2.51. The highest BCUT2D eigenvalue weighted by Gasteiger charge is 2.35. The molecule has 0 aromatic heterocycles. The van der Waals surface area contributed by atoms with Gasteiger partial charge in [0, 0.05) is 4.75 Å². The summed E-state index contributed by atoms with van der Waals surface area (Å²) in [6.45, 7) is 7.17. The van der Waals surface area contributed by atoms with Crippen molar-refractivity contribution in [2.75, 3.05) is 5.75 Å². The maximum absolute atomic E-state index is 2.51. The fourth-order valence-electron chi connectivity index (χ4n) is 4.57. The Bertz CT molecular complexity index is 244. The summed E-state index contributed by atoms with van der Waals surface area (Å²) in [6.07, 6.45) is 15.1. The Hall–Kier alpha value is 0.350. The highest BCUT2D eigenvalue weighted by molar-refractivity contribution is 8.00. The van der Waals surface area contributed by atoms with Crippen LogP contribution < -0.4 is 0 Å². The van der Waals surface area contributed by atoms with Gasteiger partial charge in [-0.25, -0.2) is 0 Å². The van der Waals surface area contributed by atoms with Gasteiger partial charge >= 0.3 is 0 Å². The Morgan fingerprint density at radius 1 is 0.895 bits per heavy atom. The van der Waals surface area contributed by atoms with Crippen LogP contribution in [-0.4, -0.2) is 10.5 Å². The standard InChI is InChI=1S/C18H34S/c1-4-6-15-7-9-16(10-8-15)17-11-13-18(3,14-12-17)19-5-2/h15-17H,4-14H2,1-3H3. The van der Waals surface area contributed by atoms with Gasteiger partial charge in [-0.2, -0.15) is 11.8 Å². The molecule has 19 heavy (non-hydrogen) atoms. The molecule has 0 unspecified atom stereocenters. The third-order valence-corrected chi connectivity index (χ3v) is 7.23. The van der Waals surface area contributed by atoms with Crippen LogP contribution in [-0.2, 0) is 0 Å². The predicted molar refractivity (Wildman–Crippen MR) is 88.9 cm³/mol. The van der Waals surface area contributed by atoms with E-state index in [0.29, 0.717) is 4.75 Å². The summed E-state index contributed by atoms with van der Waals surface area (Å²) in [7, 11) is 0. The molecule has 0 spiro atoms. The molecule has 0 aromatic rings. The van der Waals surface area contributed by atoms with Crippen LogP contribution in [0, 0.1) is 17.8 Å².